The monoisotopic (exact) mass is 344 g/mol. The lowest BCUT2D eigenvalue weighted by molar-refractivity contribution is -0.137. The standard InChI is InChI=1S/C17H20N4O2S/c1-4-14-18-8-11-9-21(10-12(11)19-14)16(23)17(2,3)20-15(22)13-6-5-7-24-13/h5-8H,4,9-10H2,1-3H3,(H,20,22). The van der Waals surface area contributed by atoms with Gasteiger partial charge in [-0.25, -0.2) is 9.97 Å². The maximum Gasteiger partial charge on any atom is 0.262 e. The molecule has 0 spiro atoms. The lowest BCUT2D eigenvalue weighted by Gasteiger charge is -2.29. The van der Waals surface area contributed by atoms with Gasteiger partial charge in [-0.15, -0.1) is 11.3 Å². The van der Waals surface area contributed by atoms with E-state index in [2.05, 4.69) is 15.3 Å². The van der Waals surface area contributed by atoms with Gasteiger partial charge >= 0.3 is 0 Å². The summed E-state index contributed by atoms with van der Waals surface area (Å²) in [6.45, 7) is 6.40. The maximum absolute atomic E-state index is 12.9. The third-order valence-corrected chi connectivity index (χ3v) is 4.88. The molecule has 0 aromatic carbocycles. The van der Waals surface area contributed by atoms with Crippen molar-refractivity contribution in [1.82, 2.24) is 20.2 Å². The summed E-state index contributed by atoms with van der Waals surface area (Å²) in [6.07, 6.45) is 2.56. The predicted molar refractivity (Wildman–Crippen MR) is 91.5 cm³/mol. The minimum absolute atomic E-state index is 0.122. The Kier molecular flexibility index (Phi) is 4.36. The van der Waals surface area contributed by atoms with Crippen molar-refractivity contribution < 1.29 is 9.59 Å². The van der Waals surface area contributed by atoms with Crippen molar-refractivity contribution in [3.63, 3.8) is 0 Å². The Morgan fingerprint density at radius 1 is 1.38 bits per heavy atom. The summed E-state index contributed by atoms with van der Waals surface area (Å²) >= 11 is 1.35. The van der Waals surface area contributed by atoms with E-state index in [9.17, 15) is 9.59 Å². The van der Waals surface area contributed by atoms with Crippen molar-refractivity contribution >= 4 is 23.2 Å². The van der Waals surface area contributed by atoms with Crippen LogP contribution in [0.3, 0.4) is 0 Å². The number of carbonyl (C=O) groups excluding carboxylic acids is 2. The fourth-order valence-corrected chi connectivity index (χ4v) is 3.33. The molecular weight excluding hydrogens is 324 g/mol. The van der Waals surface area contributed by atoms with E-state index < -0.39 is 5.54 Å². The van der Waals surface area contributed by atoms with Crippen LogP contribution in [0.1, 0.15) is 47.5 Å². The van der Waals surface area contributed by atoms with Crippen LogP contribution in [-0.2, 0) is 24.3 Å². The number of hydrogen-bond donors (Lipinski definition) is 1. The van der Waals surface area contributed by atoms with Crippen LogP contribution in [0.25, 0.3) is 0 Å². The lowest BCUT2D eigenvalue weighted by atomic mass is 10.0. The lowest BCUT2D eigenvalue weighted by Crippen LogP contribution is -2.54. The summed E-state index contributed by atoms with van der Waals surface area (Å²) in [7, 11) is 0. The van der Waals surface area contributed by atoms with Gasteiger partial charge in [0, 0.05) is 24.7 Å². The van der Waals surface area contributed by atoms with Gasteiger partial charge in [0.05, 0.1) is 17.1 Å². The van der Waals surface area contributed by atoms with E-state index in [1.54, 1.807) is 31.0 Å². The van der Waals surface area contributed by atoms with E-state index in [1.165, 1.54) is 11.3 Å². The number of nitrogens with zero attached hydrogens (tertiary/aromatic N) is 3. The fraction of sp³-hybridized carbons (Fsp3) is 0.412. The topological polar surface area (TPSA) is 75.2 Å². The van der Waals surface area contributed by atoms with Gasteiger partial charge in [-0.1, -0.05) is 13.0 Å². The van der Waals surface area contributed by atoms with Gasteiger partial charge in [-0.2, -0.15) is 0 Å². The molecule has 0 saturated carbocycles. The SMILES string of the molecule is CCc1ncc2c(n1)CN(C(=O)C(C)(C)NC(=O)c1cccs1)C2. The molecule has 3 rings (SSSR count). The van der Waals surface area contributed by atoms with Crippen LogP contribution >= 0.6 is 11.3 Å². The average Bonchev–Trinajstić information content (AvgIpc) is 3.22. The number of rotatable bonds is 4. The van der Waals surface area contributed by atoms with Crippen molar-refractivity contribution in [3.8, 4) is 0 Å². The molecule has 24 heavy (non-hydrogen) atoms. The van der Waals surface area contributed by atoms with Crippen LogP contribution in [0.15, 0.2) is 23.7 Å². The molecule has 3 heterocycles. The second-order valence-corrected chi connectivity index (χ2v) is 7.28. The molecule has 7 heteroatoms. The van der Waals surface area contributed by atoms with Gasteiger partial charge in [-0.05, 0) is 25.3 Å². The van der Waals surface area contributed by atoms with E-state index >= 15 is 0 Å². The minimum Gasteiger partial charge on any atom is -0.337 e. The van der Waals surface area contributed by atoms with Crippen molar-refractivity contribution in [3.05, 3.63) is 45.7 Å². The quantitative estimate of drug-likeness (QED) is 0.922. The van der Waals surface area contributed by atoms with Crippen LogP contribution in [0.2, 0.25) is 0 Å². The smallest absolute Gasteiger partial charge is 0.262 e. The van der Waals surface area contributed by atoms with Crippen molar-refractivity contribution in [2.75, 3.05) is 0 Å². The number of amides is 2. The first-order chi connectivity index (χ1) is 11.4. The molecule has 2 aromatic heterocycles. The zero-order chi connectivity index (χ0) is 17.3. The highest BCUT2D eigenvalue weighted by Gasteiger charge is 2.37. The zero-order valence-electron chi connectivity index (χ0n) is 14.0. The van der Waals surface area contributed by atoms with Gasteiger partial charge in [0.25, 0.3) is 5.91 Å². The predicted octanol–water partition coefficient (Wildman–Crippen LogP) is 2.15. The Bertz CT molecular complexity index is 771. The molecule has 0 unspecified atom stereocenters. The van der Waals surface area contributed by atoms with E-state index in [4.69, 9.17) is 0 Å². The molecule has 2 amide bonds. The summed E-state index contributed by atoms with van der Waals surface area (Å²) in [4.78, 5) is 36.2. The third kappa shape index (κ3) is 3.17. The molecule has 1 aliphatic heterocycles. The number of hydrogen-bond acceptors (Lipinski definition) is 5. The largest absolute Gasteiger partial charge is 0.337 e. The highest BCUT2D eigenvalue weighted by molar-refractivity contribution is 7.12. The Morgan fingerprint density at radius 3 is 2.83 bits per heavy atom. The van der Waals surface area contributed by atoms with Crippen molar-refractivity contribution in [2.24, 2.45) is 0 Å². The van der Waals surface area contributed by atoms with Gasteiger partial charge < -0.3 is 10.2 Å². The Balaban J connectivity index is 1.71. The molecule has 0 fully saturated rings. The normalized spacial score (nSPS) is 13.7. The van der Waals surface area contributed by atoms with Gasteiger partial charge in [0.1, 0.15) is 11.4 Å². The average molecular weight is 344 g/mol. The van der Waals surface area contributed by atoms with E-state index in [1.807, 2.05) is 18.4 Å². The van der Waals surface area contributed by atoms with E-state index in [0.29, 0.717) is 18.0 Å². The fourth-order valence-electron chi connectivity index (χ4n) is 2.71. The summed E-state index contributed by atoms with van der Waals surface area (Å²) in [5.74, 6) is 0.435. The van der Waals surface area contributed by atoms with Crippen LogP contribution < -0.4 is 5.32 Å². The summed E-state index contributed by atoms with van der Waals surface area (Å²) in [5.41, 5.74) is 0.890. The van der Waals surface area contributed by atoms with Crippen LogP contribution in [-0.4, -0.2) is 32.2 Å². The van der Waals surface area contributed by atoms with Crippen LogP contribution in [0.4, 0.5) is 0 Å². The number of nitrogens with one attached hydrogen (secondary N) is 1. The molecule has 0 atom stereocenters. The van der Waals surface area contributed by atoms with Crippen LogP contribution in [0.5, 0.6) is 0 Å². The summed E-state index contributed by atoms with van der Waals surface area (Å²) in [5, 5.41) is 4.67. The molecule has 1 N–H and O–H groups in total. The van der Waals surface area contributed by atoms with Crippen LogP contribution in [0, 0.1) is 0 Å². The summed E-state index contributed by atoms with van der Waals surface area (Å²) < 4.78 is 0. The molecule has 126 valence electrons. The molecule has 0 radical (unpaired) electrons. The van der Waals surface area contributed by atoms with E-state index in [-0.39, 0.29) is 11.8 Å². The molecule has 0 aliphatic carbocycles. The molecule has 6 nitrogen and oxygen atoms in total. The first kappa shape index (κ1) is 16.6. The van der Waals surface area contributed by atoms with Gasteiger partial charge in [-0.3, -0.25) is 9.59 Å². The van der Waals surface area contributed by atoms with Gasteiger partial charge in [0.15, 0.2) is 0 Å². The van der Waals surface area contributed by atoms with Crippen molar-refractivity contribution in [1.29, 1.82) is 0 Å². The number of aromatic nitrogens is 2. The summed E-state index contributed by atoms with van der Waals surface area (Å²) in [6, 6.07) is 3.56. The van der Waals surface area contributed by atoms with Gasteiger partial charge in [0.2, 0.25) is 5.91 Å². The number of fused-ring (bicyclic) bond motifs is 1. The number of aryl methyl sites for hydroxylation is 1. The second-order valence-electron chi connectivity index (χ2n) is 6.33. The number of carbonyl (C=O) groups is 2. The molecule has 2 aromatic rings. The third-order valence-electron chi connectivity index (χ3n) is 4.02. The zero-order valence-corrected chi connectivity index (χ0v) is 14.8. The Hall–Kier alpha value is -2.28. The molecule has 0 saturated heterocycles. The first-order valence-electron chi connectivity index (χ1n) is 7.89. The molecule has 0 bridgehead atoms. The molecular formula is C17H20N4O2S. The minimum atomic E-state index is -0.982. The number of thiophene rings is 1. The molecule has 1 aliphatic rings. The van der Waals surface area contributed by atoms with Crippen molar-refractivity contribution in [2.45, 2.75) is 45.8 Å². The maximum atomic E-state index is 12.9. The second kappa shape index (κ2) is 6.32. The Morgan fingerprint density at radius 2 is 2.17 bits per heavy atom. The first-order valence-corrected chi connectivity index (χ1v) is 8.77. The van der Waals surface area contributed by atoms with E-state index in [0.717, 1.165) is 23.5 Å². The Labute approximate surface area is 144 Å². The highest BCUT2D eigenvalue weighted by atomic mass is 32.1. The highest BCUT2D eigenvalue weighted by Crippen LogP contribution is 2.23.